The van der Waals surface area contributed by atoms with Crippen LogP contribution in [0.3, 0.4) is 0 Å². The lowest BCUT2D eigenvalue weighted by Crippen LogP contribution is -2.00. The molecule has 0 bridgehead atoms. The quantitative estimate of drug-likeness (QED) is 0.769. The molecule has 6 heteroatoms. The molecule has 3 aromatic rings. The van der Waals surface area contributed by atoms with Crippen LogP contribution in [0.1, 0.15) is 11.5 Å². The Morgan fingerprint density at radius 3 is 2.71 bits per heavy atom. The van der Waals surface area contributed by atoms with Crippen molar-refractivity contribution in [3.8, 4) is 23.1 Å². The van der Waals surface area contributed by atoms with Crippen molar-refractivity contribution < 1.29 is 13.5 Å². The normalized spacial score (nSPS) is 10.2. The maximum Gasteiger partial charge on any atom is 0.214 e. The summed E-state index contributed by atoms with van der Waals surface area (Å²) in [5.74, 6) is 0.843. The highest BCUT2D eigenvalue weighted by atomic mass is 19.1. The van der Waals surface area contributed by atoms with Gasteiger partial charge in [0.15, 0.2) is 17.3 Å². The maximum atomic E-state index is 13.6. The van der Waals surface area contributed by atoms with Gasteiger partial charge in [-0.2, -0.15) is 5.26 Å². The van der Waals surface area contributed by atoms with Crippen LogP contribution in [-0.4, -0.2) is 12.1 Å². The highest BCUT2D eigenvalue weighted by molar-refractivity contribution is 5.57. The number of benzene rings is 2. The number of nitrogens with zero attached hydrogens (tertiary/aromatic N) is 2. The molecule has 3 rings (SSSR count). The van der Waals surface area contributed by atoms with Crippen LogP contribution >= 0.6 is 0 Å². The summed E-state index contributed by atoms with van der Waals surface area (Å²) in [6.45, 7) is 0.321. The smallest absolute Gasteiger partial charge is 0.214 e. The molecule has 1 aromatic heterocycles. The molecule has 0 fully saturated rings. The van der Waals surface area contributed by atoms with E-state index < -0.39 is 5.82 Å². The van der Waals surface area contributed by atoms with Gasteiger partial charge in [-0.15, -0.1) is 0 Å². The standard InChI is InChI=1S/C18H14FN3O2/c1-23-16-7-6-14(8-15(16)19)21-11-18-22-10-17(24-18)13-4-2-12(9-20)3-5-13/h2-8,10,21H,11H2,1H3. The third kappa shape index (κ3) is 3.36. The SMILES string of the molecule is COc1ccc(NCc2ncc(-c3ccc(C#N)cc3)o2)cc1F. The number of oxazole rings is 1. The number of ether oxygens (including phenoxy) is 1. The first-order chi connectivity index (χ1) is 11.7. The van der Waals surface area contributed by atoms with E-state index in [0.29, 0.717) is 29.4 Å². The first-order valence-corrected chi connectivity index (χ1v) is 7.22. The molecule has 0 aliphatic rings. The summed E-state index contributed by atoms with van der Waals surface area (Å²) in [7, 11) is 1.42. The van der Waals surface area contributed by atoms with Crippen molar-refractivity contribution in [2.45, 2.75) is 6.54 Å². The summed E-state index contributed by atoms with van der Waals surface area (Å²) in [4.78, 5) is 4.19. The van der Waals surface area contributed by atoms with Crippen LogP contribution in [0.4, 0.5) is 10.1 Å². The summed E-state index contributed by atoms with van der Waals surface area (Å²) in [5, 5.41) is 11.8. The van der Waals surface area contributed by atoms with E-state index in [-0.39, 0.29) is 5.75 Å². The molecule has 0 aliphatic heterocycles. The van der Waals surface area contributed by atoms with Crippen molar-refractivity contribution in [3.05, 3.63) is 65.9 Å². The van der Waals surface area contributed by atoms with E-state index in [2.05, 4.69) is 16.4 Å². The minimum atomic E-state index is -0.437. The number of anilines is 1. The number of halogens is 1. The molecule has 0 atom stereocenters. The lowest BCUT2D eigenvalue weighted by molar-refractivity contribution is 0.386. The number of hydrogen-bond acceptors (Lipinski definition) is 5. The summed E-state index contributed by atoms with van der Waals surface area (Å²) >= 11 is 0. The van der Waals surface area contributed by atoms with Crippen LogP contribution < -0.4 is 10.1 Å². The lowest BCUT2D eigenvalue weighted by Gasteiger charge is -2.06. The molecule has 2 aromatic carbocycles. The Morgan fingerprint density at radius 1 is 1.25 bits per heavy atom. The van der Waals surface area contributed by atoms with Gasteiger partial charge in [-0.3, -0.25) is 0 Å². The van der Waals surface area contributed by atoms with Crippen LogP contribution in [0.25, 0.3) is 11.3 Å². The number of nitriles is 1. The van der Waals surface area contributed by atoms with Crippen molar-refractivity contribution in [1.82, 2.24) is 4.98 Å². The molecule has 5 nitrogen and oxygen atoms in total. The molecule has 1 N–H and O–H groups in total. The minimum Gasteiger partial charge on any atom is -0.494 e. The largest absolute Gasteiger partial charge is 0.494 e. The Balaban J connectivity index is 1.67. The monoisotopic (exact) mass is 323 g/mol. The van der Waals surface area contributed by atoms with Gasteiger partial charge in [0.25, 0.3) is 0 Å². The van der Waals surface area contributed by atoms with Crippen LogP contribution in [0.5, 0.6) is 5.75 Å². The zero-order valence-corrected chi connectivity index (χ0v) is 12.9. The summed E-state index contributed by atoms with van der Waals surface area (Å²) in [5.41, 5.74) is 2.02. The Labute approximate surface area is 138 Å². The molecule has 0 amide bonds. The van der Waals surface area contributed by atoms with E-state index in [9.17, 15) is 4.39 Å². The second-order valence-electron chi connectivity index (χ2n) is 5.01. The van der Waals surface area contributed by atoms with Crippen molar-refractivity contribution in [2.24, 2.45) is 0 Å². The van der Waals surface area contributed by atoms with Gasteiger partial charge in [0.1, 0.15) is 0 Å². The van der Waals surface area contributed by atoms with Crippen LogP contribution in [0.2, 0.25) is 0 Å². The van der Waals surface area contributed by atoms with E-state index in [4.69, 9.17) is 14.4 Å². The van der Waals surface area contributed by atoms with Gasteiger partial charge in [-0.05, 0) is 36.4 Å². The molecule has 24 heavy (non-hydrogen) atoms. The molecule has 0 unspecified atom stereocenters. The van der Waals surface area contributed by atoms with Gasteiger partial charge in [-0.1, -0.05) is 0 Å². The molecule has 0 saturated carbocycles. The van der Waals surface area contributed by atoms with E-state index in [1.54, 1.807) is 42.6 Å². The first-order valence-electron chi connectivity index (χ1n) is 7.22. The Bertz CT molecular complexity index is 882. The number of hydrogen-bond donors (Lipinski definition) is 1. The van der Waals surface area contributed by atoms with Crippen molar-refractivity contribution in [2.75, 3.05) is 12.4 Å². The number of methoxy groups -OCH3 is 1. The second-order valence-corrected chi connectivity index (χ2v) is 5.01. The predicted octanol–water partition coefficient (Wildman–Crippen LogP) is 3.97. The molecular formula is C18H14FN3O2. The fourth-order valence-corrected chi connectivity index (χ4v) is 2.19. The van der Waals surface area contributed by atoms with Gasteiger partial charge in [0.05, 0.1) is 31.5 Å². The Hall–Kier alpha value is -3.33. The minimum absolute atomic E-state index is 0.194. The average Bonchev–Trinajstić information content (AvgIpc) is 3.09. The Kier molecular flexibility index (Phi) is 4.43. The van der Waals surface area contributed by atoms with Crippen LogP contribution in [0, 0.1) is 17.1 Å². The van der Waals surface area contributed by atoms with Crippen molar-refractivity contribution in [3.63, 3.8) is 0 Å². The molecule has 0 spiro atoms. The van der Waals surface area contributed by atoms with E-state index in [1.807, 2.05) is 0 Å². The molecule has 0 aliphatic carbocycles. The van der Waals surface area contributed by atoms with Gasteiger partial charge in [0, 0.05) is 17.3 Å². The summed E-state index contributed by atoms with van der Waals surface area (Å²) < 4.78 is 24.2. The topological polar surface area (TPSA) is 71.1 Å². The highest BCUT2D eigenvalue weighted by Crippen LogP contribution is 2.23. The van der Waals surface area contributed by atoms with E-state index >= 15 is 0 Å². The molecule has 0 radical (unpaired) electrons. The molecule has 1 heterocycles. The molecule has 120 valence electrons. The average molecular weight is 323 g/mol. The van der Waals surface area contributed by atoms with Gasteiger partial charge in [0.2, 0.25) is 5.89 Å². The number of rotatable bonds is 5. The molecular weight excluding hydrogens is 309 g/mol. The third-order valence-corrected chi connectivity index (χ3v) is 3.45. The van der Waals surface area contributed by atoms with E-state index in [1.165, 1.54) is 13.2 Å². The van der Waals surface area contributed by atoms with Crippen molar-refractivity contribution >= 4 is 5.69 Å². The predicted molar refractivity (Wildman–Crippen MR) is 86.9 cm³/mol. The van der Waals surface area contributed by atoms with Gasteiger partial charge < -0.3 is 14.5 Å². The maximum absolute atomic E-state index is 13.6. The number of nitrogens with one attached hydrogen (secondary N) is 1. The third-order valence-electron chi connectivity index (χ3n) is 3.45. The molecule has 0 saturated heterocycles. The zero-order chi connectivity index (χ0) is 16.9. The summed E-state index contributed by atoms with van der Waals surface area (Å²) in [6.07, 6.45) is 1.62. The lowest BCUT2D eigenvalue weighted by atomic mass is 10.1. The van der Waals surface area contributed by atoms with Gasteiger partial charge >= 0.3 is 0 Å². The second kappa shape index (κ2) is 6.84. The van der Waals surface area contributed by atoms with E-state index in [0.717, 1.165) is 5.56 Å². The van der Waals surface area contributed by atoms with Crippen molar-refractivity contribution in [1.29, 1.82) is 5.26 Å². The van der Waals surface area contributed by atoms with Gasteiger partial charge in [-0.25, -0.2) is 9.37 Å². The number of aromatic nitrogens is 1. The Morgan fingerprint density at radius 2 is 2.04 bits per heavy atom. The fourth-order valence-electron chi connectivity index (χ4n) is 2.19. The zero-order valence-electron chi connectivity index (χ0n) is 12.9. The summed E-state index contributed by atoms with van der Waals surface area (Å²) in [6, 6.07) is 13.7. The van der Waals surface area contributed by atoms with Crippen LogP contribution in [-0.2, 0) is 6.54 Å². The highest BCUT2D eigenvalue weighted by Gasteiger charge is 2.08. The fraction of sp³-hybridized carbons (Fsp3) is 0.111. The first kappa shape index (κ1) is 15.6. The van der Waals surface area contributed by atoms with Crippen LogP contribution in [0.15, 0.2) is 53.1 Å².